The molecular weight excluding hydrogens is 382 g/mol. The molecular formula is C19H27N3O5S. The van der Waals surface area contributed by atoms with Gasteiger partial charge in [-0.05, 0) is 18.4 Å². The predicted molar refractivity (Wildman–Crippen MR) is 104 cm³/mol. The first-order chi connectivity index (χ1) is 13.4. The maximum absolute atomic E-state index is 12.8. The number of nitrogens with zero attached hydrogens (tertiary/aromatic N) is 3. The molecule has 0 unspecified atom stereocenters. The summed E-state index contributed by atoms with van der Waals surface area (Å²) in [5, 5.41) is 10.9. The molecule has 1 amide bonds. The highest BCUT2D eigenvalue weighted by Gasteiger charge is 2.31. The fraction of sp³-hybridized carbons (Fsp3) is 0.632. The predicted octanol–water partition coefficient (Wildman–Crippen LogP) is 2.79. The molecule has 1 heterocycles. The van der Waals surface area contributed by atoms with Gasteiger partial charge < -0.3 is 4.90 Å². The second-order valence-electron chi connectivity index (χ2n) is 7.58. The first-order valence-corrected chi connectivity index (χ1v) is 11.3. The Morgan fingerprint density at radius 2 is 1.79 bits per heavy atom. The molecule has 0 N–H and O–H groups in total. The number of carbonyl (C=O) groups excluding carboxylic acids is 1. The monoisotopic (exact) mass is 409 g/mol. The van der Waals surface area contributed by atoms with Crippen molar-refractivity contribution < 1.29 is 18.1 Å². The number of piperazine rings is 1. The number of hydrogen-bond donors (Lipinski definition) is 0. The fourth-order valence-electron chi connectivity index (χ4n) is 4.05. The van der Waals surface area contributed by atoms with Crippen LogP contribution >= 0.6 is 0 Å². The molecule has 8 nitrogen and oxygen atoms in total. The molecule has 1 aliphatic carbocycles. The van der Waals surface area contributed by atoms with Crippen LogP contribution in [0.1, 0.15) is 44.9 Å². The lowest BCUT2D eigenvalue weighted by Crippen LogP contribution is -2.50. The van der Waals surface area contributed by atoms with Gasteiger partial charge in [-0.1, -0.05) is 38.2 Å². The van der Waals surface area contributed by atoms with Gasteiger partial charge in [0, 0.05) is 44.7 Å². The van der Waals surface area contributed by atoms with Crippen molar-refractivity contribution in [3.8, 4) is 0 Å². The van der Waals surface area contributed by atoms with Gasteiger partial charge in [-0.2, -0.15) is 4.31 Å². The van der Waals surface area contributed by atoms with E-state index in [1.807, 2.05) is 0 Å². The van der Waals surface area contributed by atoms with Crippen molar-refractivity contribution in [1.82, 2.24) is 9.21 Å². The maximum atomic E-state index is 12.8. The van der Waals surface area contributed by atoms with Crippen LogP contribution in [0.4, 0.5) is 5.69 Å². The zero-order valence-electron chi connectivity index (χ0n) is 16.0. The van der Waals surface area contributed by atoms with Gasteiger partial charge >= 0.3 is 0 Å². The Bertz CT molecular complexity index is 813. The summed E-state index contributed by atoms with van der Waals surface area (Å²) in [5.41, 5.74) is -0.252. The van der Waals surface area contributed by atoms with Crippen molar-refractivity contribution in [1.29, 1.82) is 0 Å². The van der Waals surface area contributed by atoms with Crippen LogP contribution < -0.4 is 0 Å². The number of amides is 1. The van der Waals surface area contributed by atoms with Crippen molar-refractivity contribution in [2.45, 2.75) is 49.8 Å². The highest BCUT2D eigenvalue weighted by atomic mass is 32.2. The smallest absolute Gasteiger partial charge is 0.270 e. The number of carbonyl (C=O) groups is 1. The fourth-order valence-corrected chi connectivity index (χ4v) is 5.51. The molecule has 1 saturated heterocycles. The van der Waals surface area contributed by atoms with Crippen LogP contribution in [-0.4, -0.2) is 54.6 Å². The van der Waals surface area contributed by atoms with E-state index in [4.69, 9.17) is 0 Å². The van der Waals surface area contributed by atoms with Gasteiger partial charge in [0.2, 0.25) is 15.9 Å². The molecule has 0 bridgehead atoms. The van der Waals surface area contributed by atoms with E-state index in [2.05, 4.69) is 0 Å². The van der Waals surface area contributed by atoms with Crippen LogP contribution in [-0.2, 0) is 14.8 Å². The number of rotatable bonds is 6. The highest BCUT2D eigenvalue weighted by Crippen LogP contribution is 2.28. The van der Waals surface area contributed by atoms with Gasteiger partial charge in [0.1, 0.15) is 0 Å². The van der Waals surface area contributed by atoms with E-state index in [0.29, 0.717) is 25.4 Å². The number of hydrogen-bond acceptors (Lipinski definition) is 5. The van der Waals surface area contributed by atoms with Crippen molar-refractivity contribution >= 4 is 21.6 Å². The van der Waals surface area contributed by atoms with Gasteiger partial charge in [0.15, 0.2) is 0 Å². The molecule has 0 spiro atoms. The zero-order chi connectivity index (χ0) is 20.1. The summed E-state index contributed by atoms with van der Waals surface area (Å²) in [5.74, 6) is 0.742. The summed E-state index contributed by atoms with van der Waals surface area (Å²) >= 11 is 0. The normalized spacial score (nSPS) is 19.5. The summed E-state index contributed by atoms with van der Waals surface area (Å²) in [6.45, 7) is 1.13. The molecule has 2 aliphatic rings. The number of benzene rings is 1. The lowest BCUT2D eigenvalue weighted by molar-refractivity contribution is -0.385. The summed E-state index contributed by atoms with van der Waals surface area (Å²) in [4.78, 5) is 24.4. The lowest BCUT2D eigenvalue weighted by Gasteiger charge is -2.34. The minimum atomic E-state index is -3.81. The Labute approximate surface area is 165 Å². The van der Waals surface area contributed by atoms with Gasteiger partial charge in [-0.15, -0.1) is 0 Å². The van der Waals surface area contributed by atoms with Crippen LogP contribution in [0.2, 0.25) is 0 Å². The average Bonchev–Trinajstić information content (AvgIpc) is 2.73. The van der Waals surface area contributed by atoms with E-state index in [1.165, 1.54) is 54.6 Å². The van der Waals surface area contributed by atoms with E-state index in [1.54, 1.807) is 4.90 Å². The lowest BCUT2D eigenvalue weighted by atomic mass is 9.86. The summed E-state index contributed by atoms with van der Waals surface area (Å²) in [7, 11) is -3.81. The summed E-state index contributed by atoms with van der Waals surface area (Å²) in [6.07, 6.45) is 7.68. The van der Waals surface area contributed by atoms with Crippen LogP contribution in [0.25, 0.3) is 0 Å². The van der Waals surface area contributed by atoms with Gasteiger partial charge in [0.25, 0.3) is 5.69 Å². The third-order valence-corrected chi connectivity index (χ3v) is 7.64. The Morgan fingerprint density at radius 3 is 2.43 bits per heavy atom. The molecule has 0 atom stereocenters. The largest absolute Gasteiger partial charge is 0.340 e. The highest BCUT2D eigenvalue weighted by molar-refractivity contribution is 7.89. The second-order valence-corrected chi connectivity index (χ2v) is 9.52. The van der Waals surface area contributed by atoms with Gasteiger partial charge in [0.05, 0.1) is 9.82 Å². The van der Waals surface area contributed by atoms with E-state index in [9.17, 15) is 23.3 Å². The first-order valence-electron chi connectivity index (χ1n) is 9.90. The maximum Gasteiger partial charge on any atom is 0.270 e. The molecule has 1 aromatic rings. The number of nitro groups is 1. The molecule has 1 aliphatic heterocycles. The average molecular weight is 410 g/mol. The quantitative estimate of drug-likeness (QED) is 0.531. The number of nitro benzene ring substituents is 1. The van der Waals surface area contributed by atoms with Gasteiger partial charge in [-0.25, -0.2) is 8.42 Å². The molecule has 1 saturated carbocycles. The molecule has 9 heteroatoms. The second kappa shape index (κ2) is 9.00. The Morgan fingerprint density at radius 1 is 1.11 bits per heavy atom. The van der Waals surface area contributed by atoms with Gasteiger partial charge in [-0.3, -0.25) is 14.9 Å². The summed E-state index contributed by atoms with van der Waals surface area (Å²) < 4.78 is 26.8. The topological polar surface area (TPSA) is 101 Å². The molecule has 2 fully saturated rings. The van der Waals surface area contributed by atoms with E-state index >= 15 is 0 Å². The van der Waals surface area contributed by atoms with Crippen LogP contribution in [0.15, 0.2) is 29.2 Å². The SMILES string of the molecule is O=C(CCC1CCCCC1)N1CCN(S(=O)(=O)c2cccc([N+](=O)[O-])c2)CC1. The van der Waals surface area contributed by atoms with Crippen LogP contribution in [0.3, 0.4) is 0 Å². The number of sulfonamides is 1. The minimum Gasteiger partial charge on any atom is -0.340 e. The van der Waals surface area contributed by atoms with E-state index in [-0.39, 0.29) is 29.6 Å². The molecule has 0 aromatic heterocycles. The van der Waals surface area contributed by atoms with Crippen molar-refractivity contribution in [3.05, 3.63) is 34.4 Å². The van der Waals surface area contributed by atoms with Crippen molar-refractivity contribution in [2.75, 3.05) is 26.2 Å². The van der Waals surface area contributed by atoms with E-state index in [0.717, 1.165) is 12.5 Å². The molecule has 154 valence electrons. The molecule has 3 rings (SSSR count). The number of non-ortho nitro benzene ring substituents is 1. The summed E-state index contributed by atoms with van der Waals surface area (Å²) in [6, 6.07) is 5.08. The molecule has 1 aromatic carbocycles. The standard InChI is InChI=1S/C19H27N3O5S/c23-19(10-9-16-5-2-1-3-6-16)20-11-13-21(14-12-20)28(26,27)18-8-4-7-17(15-18)22(24)25/h4,7-8,15-16H,1-3,5-6,9-14H2. The van der Waals surface area contributed by atoms with Crippen molar-refractivity contribution in [3.63, 3.8) is 0 Å². The Kier molecular flexibility index (Phi) is 6.66. The third-order valence-electron chi connectivity index (χ3n) is 5.75. The minimum absolute atomic E-state index is 0.0845. The van der Waals surface area contributed by atoms with Crippen molar-refractivity contribution in [2.24, 2.45) is 5.92 Å². The Balaban J connectivity index is 1.54. The zero-order valence-corrected chi connectivity index (χ0v) is 16.8. The molecule has 28 heavy (non-hydrogen) atoms. The third kappa shape index (κ3) is 4.88. The first kappa shape index (κ1) is 20.7. The van der Waals surface area contributed by atoms with Crippen LogP contribution in [0.5, 0.6) is 0 Å². The van der Waals surface area contributed by atoms with E-state index < -0.39 is 14.9 Å². The molecule has 0 radical (unpaired) electrons. The Hall–Kier alpha value is -2.00. The van der Waals surface area contributed by atoms with Crippen LogP contribution in [0, 0.1) is 16.0 Å².